The van der Waals surface area contributed by atoms with Crippen LogP contribution in [0.2, 0.25) is 0 Å². The average Bonchev–Trinajstić information content (AvgIpc) is 1.72. The lowest BCUT2D eigenvalue weighted by atomic mass is 10.2. The lowest BCUT2D eigenvalue weighted by Gasteiger charge is -2.04. The standard InChI is InChI=1S/C5H4O/c1-2-4-6-5-3-1/h1,4H2. The highest BCUT2D eigenvalue weighted by atomic mass is 16.5. The van der Waals surface area contributed by atoms with Crippen LogP contribution in [-0.4, -0.2) is 6.61 Å². The summed E-state index contributed by atoms with van der Waals surface area (Å²) in [4.78, 5) is 0. The van der Waals surface area contributed by atoms with Crippen LogP contribution in [0.5, 0.6) is 0 Å². The van der Waals surface area contributed by atoms with Gasteiger partial charge in [-0.3, -0.25) is 0 Å². The Morgan fingerprint density at radius 3 is 2.67 bits per heavy atom. The van der Waals surface area contributed by atoms with Crippen molar-refractivity contribution in [3.8, 4) is 0 Å². The van der Waals surface area contributed by atoms with E-state index in [0.717, 1.165) is 6.42 Å². The average molecular weight is 80.1 g/mol. The summed E-state index contributed by atoms with van der Waals surface area (Å²) in [5.41, 5.74) is 0. The third-order valence-electron chi connectivity index (χ3n) is 0.532. The predicted octanol–water partition coefficient (Wildman–Crippen LogP) is 0.608. The zero-order chi connectivity index (χ0) is 4.24. The van der Waals surface area contributed by atoms with Crippen molar-refractivity contribution in [3.63, 3.8) is 0 Å². The van der Waals surface area contributed by atoms with Crippen molar-refractivity contribution < 1.29 is 4.74 Å². The van der Waals surface area contributed by atoms with Crippen LogP contribution in [-0.2, 0) is 4.74 Å². The summed E-state index contributed by atoms with van der Waals surface area (Å²) in [6.07, 6.45) is 6.35. The molecule has 0 aromatic heterocycles. The number of hydrogen-bond donors (Lipinski definition) is 0. The minimum atomic E-state index is 0.576. The summed E-state index contributed by atoms with van der Waals surface area (Å²) in [5, 5.41) is 0. The molecular weight excluding hydrogens is 76.1 g/mol. The van der Waals surface area contributed by atoms with E-state index in [4.69, 9.17) is 0 Å². The van der Waals surface area contributed by atoms with Crippen molar-refractivity contribution in [2.24, 2.45) is 0 Å². The lowest BCUT2D eigenvalue weighted by molar-refractivity contribution is 0.214. The van der Waals surface area contributed by atoms with E-state index in [1.807, 2.05) is 0 Å². The monoisotopic (exact) mass is 80.0 g/mol. The Labute approximate surface area is 38.3 Å². The normalized spacial score (nSPS) is 24.0. The van der Waals surface area contributed by atoms with E-state index in [1.54, 1.807) is 0 Å². The lowest BCUT2D eigenvalue weighted by Crippen LogP contribution is -1.99. The van der Waals surface area contributed by atoms with Gasteiger partial charge in [-0.1, -0.05) is 0 Å². The Morgan fingerprint density at radius 1 is 1.50 bits per heavy atom. The van der Waals surface area contributed by atoms with E-state index < -0.39 is 0 Å². The van der Waals surface area contributed by atoms with Crippen LogP contribution in [0.3, 0.4) is 0 Å². The summed E-state index contributed by atoms with van der Waals surface area (Å²) in [7, 11) is 0. The Balaban J connectivity index is 2.00. The van der Waals surface area contributed by atoms with Crippen LogP contribution in [0.15, 0.2) is 0 Å². The van der Waals surface area contributed by atoms with E-state index in [9.17, 15) is 0 Å². The first-order valence-corrected chi connectivity index (χ1v) is 1.80. The highest BCUT2D eigenvalue weighted by molar-refractivity contribution is 4.87. The van der Waals surface area contributed by atoms with Crippen molar-refractivity contribution >= 4 is 0 Å². The number of rotatable bonds is 0. The molecule has 0 bridgehead atoms. The van der Waals surface area contributed by atoms with Gasteiger partial charge in [0.1, 0.15) is 6.61 Å². The van der Waals surface area contributed by atoms with Crippen molar-refractivity contribution in [2.75, 3.05) is 6.61 Å². The maximum absolute atomic E-state index is 4.60. The Kier molecular flexibility index (Phi) is 1.51. The number of hydrogen-bond acceptors (Lipinski definition) is 1. The maximum atomic E-state index is 4.60. The molecule has 1 aliphatic rings. The second-order valence-electron chi connectivity index (χ2n) is 0.994. The molecule has 0 atom stereocenters. The fourth-order valence-corrected chi connectivity index (χ4v) is 0.288. The van der Waals surface area contributed by atoms with Gasteiger partial charge in [-0.25, -0.2) is 0 Å². The Morgan fingerprint density at radius 2 is 2.50 bits per heavy atom. The summed E-state index contributed by atoms with van der Waals surface area (Å²) < 4.78 is 4.60. The zero-order valence-electron chi connectivity index (χ0n) is 3.32. The first-order chi connectivity index (χ1) is 3.00. The quantitative estimate of drug-likeness (QED) is 0.414. The molecule has 6 radical (unpaired) electrons. The Bertz CT molecular complexity index is 19.4. The van der Waals surface area contributed by atoms with E-state index in [0.29, 0.717) is 6.61 Å². The molecule has 0 aromatic rings. The first kappa shape index (κ1) is 4.13. The second-order valence-corrected chi connectivity index (χ2v) is 0.994. The molecule has 1 saturated heterocycles. The fraction of sp³-hybridized carbons (Fsp3) is 0.400. The molecule has 30 valence electrons. The van der Waals surface area contributed by atoms with Crippen molar-refractivity contribution in [2.45, 2.75) is 6.42 Å². The molecule has 6 heavy (non-hydrogen) atoms. The third kappa shape index (κ3) is 0.977. The molecular formula is C5H4O. The molecule has 1 fully saturated rings. The van der Waals surface area contributed by atoms with Crippen molar-refractivity contribution in [1.29, 1.82) is 0 Å². The van der Waals surface area contributed by atoms with Crippen LogP contribution >= 0.6 is 0 Å². The van der Waals surface area contributed by atoms with E-state index in [1.165, 1.54) is 0 Å². The van der Waals surface area contributed by atoms with Gasteiger partial charge in [-0.2, -0.15) is 0 Å². The summed E-state index contributed by atoms with van der Waals surface area (Å²) in [6, 6.07) is 0. The van der Waals surface area contributed by atoms with Gasteiger partial charge in [-0.15, -0.1) is 0 Å². The fourth-order valence-electron chi connectivity index (χ4n) is 0.288. The van der Waals surface area contributed by atoms with Crippen molar-refractivity contribution in [3.05, 3.63) is 19.4 Å². The molecule has 1 heteroatoms. The molecule has 0 amide bonds. The molecule has 0 spiro atoms. The molecule has 0 N–H and O–H groups in total. The number of ether oxygens (including phenoxy) is 1. The van der Waals surface area contributed by atoms with Crippen LogP contribution in [0.4, 0.5) is 0 Å². The predicted molar refractivity (Wildman–Crippen MR) is 20.3 cm³/mol. The molecule has 0 aromatic carbocycles. The summed E-state index contributed by atoms with van der Waals surface area (Å²) in [6.45, 7) is 3.05. The third-order valence-corrected chi connectivity index (χ3v) is 0.532. The molecule has 1 aliphatic heterocycles. The molecule has 0 aliphatic carbocycles. The van der Waals surface area contributed by atoms with Gasteiger partial charge in [-0.05, 0) is 6.42 Å². The van der Waals surface area contributed by atoms with Gasteiger partial charge in [0.25, 0.3) is 0 Å². The van der Waals surface area contributed by atoms with E-state index >= 15 is 0 Å². The topological polar surface area (TPSA) is 9.23 Å². The largest absolute Gasteiger partial charge is 0.367 e. The summed E-state index contributed by atoms with van der Waals surface area (Å²) in [5.74, 6) is 0. The first-order valence-electron chi connectivity index (χ1n) is 1.80. The second kappa shape index (κ2) is 2.19. The van der Waals surface area contributed by atoms with Gasteiger partial charge < -0.3 is 4.74 Å². The molecule has 1 heterocycles. The van der Waals surface area contributed by atoms with Crippen LogP contribution < -0.4 is 0 Å². The molecule has 0 saturated carbocycles. The van der Waals surface area contributed by atoms with Gasteiger partial charge in [0, 0.05) is 12.8 Å². The van der Waals surface area contributed by atoms with E-state index in [-0.39, 0.29) is 0 Å². The van der Waals surface area contributed by atoms with Crippen LogP contribution in [0, 0.1) is 19.4 Å². The van der Waals surface area contributed by atoms with E-state index in [2.05, 4.69) is 24.2 Å². The SMILES string of the molecule is [C]1[C]OC[C]C1. The minimum Gasteiger partial charge on any atom is -0.367 e. The Hall–Kier alpha value is -0.0400. The smallest absolute Gasteiger partial charge is 0.140 e. The zero-order valence-corrected chi connectivity index (χ0v) is 3.32. The molecule has 1 rings (SSSR count). The van der Waals surface area contributed by atoms with Gasteiger partial charge >= 0.3 is 0 Å². The van der Waals surface area contributed by atoms with Crippen LogP contribution in [0.25, 0.3) is 0 Å². The minimum absolute atomic E-state index is 0.576. The highest BCUT2D eigenvalue weighted by Crippen LogP contribution is 2.03. The van der Waals surface area contributed by atoms with Gasteiger partial charge in [0.2, 0.25) is 0 Å². The maximum Gasteiger partial charge on any atom is 0.140 e. The summed E-state index contributed by atoms with van der Waals surface area (Å²) >= 11 is 0. The van der Waals surface area contributed by atoms with Gasteiger partial charge in [0.15, 0.2) is 0 Å². The molecule has 1 nitrogen and oxygen atoms in total. The molecule has 0 unspecified atom stereocenters. The van der Waals surface area contributed by atoms with Crippen molar-refractivity contribution in [1.82, 2.24) is 0 Å². The van der Waals surface area contributed by atoms with Gasteiger partial charge in [0.05, 0.1) is 6.61 Å². The highest BCUT2D eigenvalue weighted by Gasteiger charge is 1.98. The van der Waals surface area contributed by atoms with Crippen LogP contribution in [0.1, 0.15) is 6.42 Å².